The summed E-state index contributed by atoms with van der Waals surface area (Å²) in [5.74, 6) is -1.76. The molecular formula is C27H33N3O5. The maximum Gasteiger partial charge on any atom is 0.255 e. The lowest BCUT2D eigenvalue weighted by molar-refractivity contribution is -0.118. The summed E-state index contributed by atoms with van der Waals surface area (Å²) in [7, 11) is 0. The standard InChI is InChI=1S/C27H33N3O5/c1-17(2)15-30-22-9-5-4-8-18(22)12-21(27(30)34)20(14-24(28)32)26-25(33)23(31)13-19(35-26)16-29-10-6-3-7-11-29/h4-5,8-9,12-13,17,20,33H,3,6-7,10-11,14-16H2,1-2H3,(H2,28,32)/t20-/m0/s1. The van der Waals surface area contributed by atoms with Crippen molar-refractivity contribution in [3.8, 4) is 5.75 Å². The Bertz CT molecular complexity index is 1330. The molecule has 8 nitrogen and oxygen atoms in total. The molecule has 1 aliphatic rings. The number of aromatic nitrogens is 1. The normalized spacial score (nSPS) is 15.5. The summed E-state index contributed by atoms with van der Waals surface area (Å²) in [4.78, 5) is 40.7. The second-order valence-electron chi connectivity index (χ2n) is 9.82. The van der Waals surface area contributed by atoms with Gasteiger partial charge in [0.15, 0.2) is 5.76 Å². The molecule has 0 bridgehead atoms. The van der Waals surface area contributed by atoms with Crippen LogP contribution in [-0.2, 0) is 17.9 Å². The van der Waals surface area contributed by atoms with Crippen molar-refractivity contribution >= 4 is 16.8 Å². The number of aromatic hydroxyl groups is 1. The van der Waals surface area contributed by atoms with E-state index in [0.29, 0.717) is 18.8 Å². The van der Waals surface area contributed by atoms with E-state index in [1.54, 1.807) is 10.6 Å². The zero-order chi connectivity index (χ0) is 25.1. The molecule has 1 saturated heterocycles. The molecule has 1 fully saturated rings. The van der Waals surface area contributed by atoms with Gasteiger partial charge in [-0.15, -0.1) is 0 Å². The Morgan fingerprint density at radius 3 is 2.51 bits per heavy atom. The van der Waals surface area contributed by atoms with Crippen LogP contribution in [0.3, 0.4) is 0 Å². The number of likely N-dealkylation sites (tertiary alicyclic amines) is 1. The largest absolute Gasteiger partial charge is 0.502 e. The first-order valence-electron chi connectivity index (χ1n) is 12.2. The average molecular weight is 480 g/mol. The van der Waals surface area contributed by atoms with E-state index in [-0.39, 0.29) is 29.2 Å². The second-order valence-corrected chi connectivity index (χ2v) is 9.82. The molecule has 35 heavy (non-hydrogen) atoms. The number of amides is 1. The lowest BCUT2D eigenvalue weighted by Crippen LogP contribution is -2.31. The molecule has 0 spiro atoms. The Kier molecular flexibility index (Phi) is 7.40. The van der Waals surface area contributed by atoms with Crippen LogP contribution in [0.2, 0.25) is 0 Å². The van der Waals surface area contributed by atoms with E-state index in [4.69, 9.17) is 10.2 Å². The number of nitrogens with two attached hydrogens (primary N) is 1. The minimum absolute atomic E-state index is 0.0909. The minimum Gasteiger partial charge on any atom is -0.502 e. The van der Waals surface area contributed by atoms with Gasteiger partial charge in [-0.2, -0.15) is 0 Å². The van der Waals surface area contributed by atoms with E-state index in [1.165, 1.54) is 12.5 Å². The number of nitrogens with zero attached hydrogens (tertiary/aromatic N) is 2. The van der Waals surface area contributed by atoms with Crippen LogP contribution in [0.4, 0.5) is 0 Å². The summed E-state index contributed by atoms with van der Waals surface area (Å²) >= 11 is 0. The first-order chi connectivity index (χ1) is 16.7. The molecule has 0 unspecified atom stereocenters. The molecular weight excluding hydrogens is 446 g/mol. The average Bonchev–Trinajstić information content (AvgIpc) is 2.82. The van der Waals surface area contributed by atoms with Crippen molar-refractivity contribution in [3.63, 3.8) is 0 Å². The number of hydrogen-bond donors (Lipinski definition) is 2. The molecule has 3 heterocycles. The predicted molar refractivity (Wildman–Crippen MR) is 134 cm³/mol. The molecule has 1 aliphatic heterocycles. The Labute approximate surface area is 204 Å². The van der Waals surface area contributed by atoms with Gasteiger partial charge < -0.3 is 19.8 Å². The summed E-state index contributed by atoms with van der Waals surface area (Å²) < 4.78 is 7.73. The molecule has 8 heteroatoms. The zero-order valence-electron chi connectivity index (χ0n) is 20.3. The van der Waals surface area contributed by atoms with Gasteiger partial charge >= 0.3 is 0 Å². The molecule has 186 valence electrons. The number of carbonyl (C=O) groups is 1. The number of benzene rings is 1. The molecule has 1 amide bonds. The van der Waals surface area contributed by atoms with E-state index in [9.17, 15) is 19.5 Å². The highest BCUT2D eigenvalue weighted by Crippen LogP contribution is 2.33. The first-order valence-corrected chi connectivity index (χ1v) is 12.2. The van der Waals surface area contributed by atoms with Gasteiger partial charge in [0.25, 0.3) is 5.56 Å². The molecule has 1 atom stereocenters. The monoisotopic (exact) mass is 479 g/mol. The zero-order valence-corrected chi connectivity index (χ0v) is 20.3. The van der Waals surface area contributed by atoms with Crippen LogP contribution in [0.1, 0.15) is 62.5 Å². The number of para-hydroxylation sites is 1. The number of fused-ring (bicyclic) bond motifs is 1. The van der Waals surface area contributed by atoms with Crippen molar-refractivity contribution in [2.45, 2.75) is 58.5 Å². The quantitative estimate of drug-likeness (QED) is 0.512. The minimum atomic E-state index is -0.989. The highest BCUT2D eigenvalue weighted by Gasteiger charge is 2.29. The van der Waals surface area contributed by atoms with Crippen molar-refractivity contribution in [2.24, 2.45) is 11.7 Å². The van der Waals surface area contributed by atoms with Gasteiger partial charge in [-0.25, -0.2) is 0 Å². The summed E-state index contributed by atoms with van der Waals surface area (Å²) in [5.41, 5.74) is 5.70. The lowest BCUT2D eigenvalue weighted by Gasteiger charge is -2.26. The van der Waals surface area contributed by atoms with Gasteiger partial charge in [-0.05, 0) is 49.4 Å². The third-order valence-electron chi connectivity index (χ3n) is 6.50. The SMILES string of the molecule is CC(C)Cn1c(=O)c([C@H](CC(N)=O)c2oc(CN3CCCCC3)cc(=O)c2O)cc2ccccc21. The summed E-state index contributed by atoms with van der Waals surface area (Å²) in [6.45, 7) is 6.72. The van der Waals surface area contributed by atoms with Crippen molar-refractivity contribution in [1.29, 1.82) is 0 Å². The fourth-order valence-electron chi connectivity index (χ4n) is 4.90. The fraction of sp³-hybridized carbons (Fsp3) is 0.444. The molecule has 1 aromatic carbocycles. The predicted octanol–water partition coefficient (Wildman–Crippen LogP) is 3.31. The van der Waals surface area contributed by atoms with Gasteiger partial charge in [0.05, 0.1) is 18.0 Å². The van der Waals surface area contributed by atoms with Gasteiger partial charge in [-0.3, -0.25) is 19.3 Å². The van der Waals surface area contributed by atoms with Gasteiger partial charge in [0.1, 0.15) is 5.76 Å². The van der Waals surface area contributed by atoms with E-state index in [2.05, 4.69) is 4.90 Å². The van der Waals surface area contributed by atoms with E-state index >= 15 is 0 Å². The molecule has 3 aromatic rings. The number of carbonyl (C=O) groups excluding carboxylic acids is 1. The maximum absolute atomic E-state index is 13.7. The van der Waals surface area contributed by atoms with Crippen LogP contribution < -0.4 is 16.7 Å². The van der Waals surface area contributed by atoms with Gasteiger partial charge in [0, 0.05) is 24.6 Å². The van der Waals surface area contributed by atoms with E-state index < -0.39 is 23.0 Å². The van der Waals surface area contributed by atoms with Crippen LogP contribution in [0.5, 0.6) is 5.75 Å². The topological polar surface area (TPSA) is 119 Å². The number of pyridine rings is 1. The summed E-state index contributed by atoms with van der Waals surface area (Å²) in [6, 6.07) is 10.5. The first kappa shape index (κ1) is 24.7. The highest BCUT2D eigenvalue weighted by molar-refractivity contribution is 5.81. The van der Waals surface area contributed by atoms with E-state index in [0.717, 1.165) is 36.8 Å². The Morgan fingerprint density at radius 1 is 1.11 bits per heavy atom. The van der Waals surface area contributed by atoms with Crippen molar-refractivity contribution in [2.75, 3.05) is 13.1 Å². The Hall–Kier alpha value is -3.39. The van der Waals surface area contributed by atoms with Crippen LogP contribution in [0.25, 0.3) is 10.9 Å². The van der Waals surface area contributed by atoms with Crippen LogP contribution in [-0.4, -0.2) is 33.6 Å². The molecule has 2 aromatic heterocycles. The lowest BCUT2D eigenvalue weighted by atomic mass is 9.91. The Balaban J connectivity index is 1.88. The Morgan fingerprint density at radius 2 is 1.83 bits per heavy atom. The molecule has 0 radical (unpaired) electrons. The number of primary amides is 1. The van der Waals surface area contributed by atoms with Gasteiger partial charge in [-0.1, -0.05) is 38.5 Å². The number of hydrogen-bond acceptors (Lipinski definition) is 6. The van der Waals surface area contributed by atoms with Crippen molar-refractivity contribution < 1.29 is 14.3 Å². The summed E-state index contributed by atoms with van der Waals surface area (Å²) in [5, 5.41) is 11.5. The highest BCUT2D eigenvalue weighted by atomic mass is 16.4. The molecule has 3 N–H and O–H groups in total. The van der Waals surface area contributed by atoms with Crippen LogP contribution in [0, 0.1) is 5.92 Å². The van der Waals surface area contributed by atoms with Crippen LogP contribution >= 0.6 is 0 Å². The maximum atomic E-state index is 13.7. The molecule has 4 rings (SSSR count). The molecule has 0 aliphatic carbocycles. The third-order valence-corrected chi connectivity index (χ3v) is 6.50. The van der Waals surface area contributed by atoms with Crippen LogP contribution in [0.15, 0.2) is 50.4 Å². The van der Waals surface area contributed by atoms with Crippen molar-refractivity contribution in [1.82, 2.24) is 9.47 Å². The number of piperidine rings is 1. The van der Waals surface area contributed by atoms with Crippen molar-refractivity contribution in [3.05, 3.63) is 74.1 Å². The third kappa shape index (κ3) is 5.48. The smallest absolute Gasteiger partial charge is 0.255 e. The second kappa shape index (κ2) is 10.5. The van der Waals surface area contributed by atoms with E-state index in [1.807, 2.05) is 38.1 Å². The fourth-order valence-corrected chi connectivity index (χ4v) is 4.90. The van der Waals surface area contributed by atoms with Gasteiger partial charge in [0.2, 0.25) is 17.1 Å². The number of rotatable bonds is 8. The summed E-state index contributed by atoms with van der Waals surface area (Å²) in [6.07, 6.45) is 3.05. The molecule has 0 saturated carbocycles.